The van der Waals surface area contributed by atoms with E-state index in [-0.39, 0.29) is 5.56 Å². The third-order valence-corrected chi connectivity index (χ3v) is 3.23. The first kappa shape index (κ1) is 21.1. The molecule has 148 valence electrons. The number of rotatable bonds is 4. The second kappa shape index (κ2) is 8.65. The van der Waals surface area contributed by atoms with Gasteiger partial charge in [-0.25, -0.2) is 8.78 Å². The van der Waals surface area contributed by atoms with E-state index in [0.717, 1.165) is 18.2 Å². The molecule has 0 radical (unpaired) electrons. The number of benzene rings is 2. The van der Waals surface area contributed by atoms with Crippen molar-refractivity contribution in [2.75, 3.05) is 6.54 Å². The molecule has 0 heterocycles. The lowest BCUT2D eigenvalue weighted by molar-refractivity contribution is -0.137. The van der Waals surface area contributed by atoms with Gasteiger partial charge in [-0.05, 0) is 18.2 Å². The van der Waals surface area contributed by atoms with E-state index < -0.39 is 53.8 Å². The Kier molecular flexibility index (Phi) is 6.51. The van der Waals surface area contributed by atoms with Crippen molar-refractivity contribution < 1.29 is 40.3 Å². The van der Waals surface area contributed by atoms with Crippen LogP contribution in [0.1, 0.15) is 21.5 Å². The lowest BCUT2D eigenvalue weighted by Crippen LogP contribution is -2.26. The van der Waals surface area contributed by atoms with Crippen LogP contribution in [0.25, 0.3) is 0 Å². The molecule has 1 amide bonds. The summed E-state index contributed by atoms with van der Waals surface area (Å²) < 4.78 is 93.3. The first-order valence-electron chi connectivity index (χ1n) is 7.46. The van der Waals surface area contributed by atoms with Crippen molar-refractivity contribution >= 4 is 5.91 Å². The molecule has 1 N–H and O–H groups in total. The molecule has 28 heavy (non-hydrogen) atoms. The molecule has 0 unspecified atom stereocenters. The largest absolute Gasteiger partial charge is 0.435 e. The molecule has 0 aliphatic heterocycles. The second-order valence-corrected chi connectivity index (χ2v) is 5.20. The smallest absolute Gasteiger partial charge is 0.416 e. The summed E-state index contributed by atoms with van der Waals surface area (Å²) in [4.78, 5) is 11.8. The van der Waals surface area contributed by atoms with Gasteiger partial charge < -0.3 is 10.1 Å². The maximum atomic E-state index is 13.8. The number of nitrogens with one attached hydrogen (secondary N) is 1. The fourth-order valence-electron chi connectivity index (χ4n) is 2.07. The minimum absolute atomic E-state index is 0.0231. The van der Waals surface area contributed by atoms with Gasteiger partial charge in [0, 0.05) is 17.7 Å². The fraction of sp³-hybridized carbons (Fsp3) is 0.167. The summed E-state index contributed by atoms with van der Waals surface area (Å²) in [7, 11) is 0. The second-order valence-electron chi connectivity index (χ2n) is 5.20. The summed E-state index contributed by atoms with van der Waals surface area (Å²) in [5.74, 6) is -0.180. The lowest BCUT2D eigenvalue weighted by atomic mass is 10.1. The molecular weight excluding hydrogens is 395 g/mol. The van der Waals surface area contributed by atoms with Crippen LogP contribution in [0, 0.1) is 23.5 Å². The third kappa shape index (κ3) is 5.64. The maximum Gasteiger partial charge on any atom is 0.416 e. The molecule has 3 nitrogen and oxygen atoms in total. The zero-order chi connectivity index (χ0) is 20.9. The van der Waals surface area contributed by atoms with Crippen LogP contribution in [0.4, 0.5) is 30.7 Å². The molecule has 0 aromatic heterocycles. The van der Waals surface area contributed by atoms with Crippen LogP contribution in [0.3, 0.4) is 0 Å². The monoisotopic (exact) mass is 405 g/mol. The topological polar surface area (TPSA) is 38.3 Å². The predicted molar refractivity (Wildman–Crippen MR) is 83.6 cm³/mol. The molecule has 0 saturated carbocycles. The average Bonchev–Trinajstić information content (AvgIpc) is 2.57. The van der Waals surface area contributed by atoms with Crippen molar-refractivity contribution in [2.24, 2.45) is 0 Å². The minimum Gasteiger partial charge on any atom is -0.435 e. The SMILES string of the molecule is O=C(NCC#Cc1cccc(C(F)(F)F)c1)c1c(F)cc(OC(F)F)cc1F. The zero-order valence-corrected chi connectivity index (χ0v) is 13.7. The van der Waals surface area contributed by atoms with Crippen molar-refractivity contribution in [3.05, 3.63) is 64.7 Å². The molecule has 0 saturated heterocycles. The Bertz CT molecular complexity index is 907. The Morgan fingerprint density at radius 2 is 1.75 bits per heavy atom. The highest BCUT2D eigenvalue weighted by atomic mass is 19.4. The molecule has 0 atom stereocenters. The highest BCUT2D eigenvalue weighted by molar-refractivity contribution is 5.95. The Labute approximate surface area is 154 Å². The first-order chi connectivity index (χ1) is 13.1. The average molecular weight is 405 g/mol. The van der Waals surface area contributed by atoms with Gasteiger partial charge in [-0.2, -0.15) is 22.0 Å². The summed E-state index contributed by atoms with van der Waals surface area (Å²) in [6, 6.07) is 4.96. The first-order valence-corrected chi connectivity index (χ1v) is 7.46. The number of hydrogen-bond acceptors (Lipinski definition) is 2. The molecule has 10 heteroatoms. The number of carbonyl (C=O) groups excluding carboxylic acids is 1. The quantitative estimate of drug-likeness (QED) is 0.606. The van der Waals surface area contributed by atoms with Gasteiger partial charge in [0.15, 0.2) is 0 Å². The van der Waals surface area contributed by atoms with Crippen molar-refractivity contribution in [1.82, 2.24) is 5.32 Å². The van der Waals surface area contributed by atoms with E-state index in [4.69, 9.17) is 0 Å². The predicted octanol–water partition coefficient (Wildman–Crippen LogP) is 4.37. The third-order valence-electron chi connectivity index (χ3n) is 3.23. The summed E-state index contributed by atoms with van der Waals surface area (Å²) >= 11 is 0. The Morgan fingerprint density at radius 3 is 2.32 bits per heavy atom. The van der Waals surface area contributed by atoms with Crippen molar-refractivity contribution in [2.45, 2.75) is 12.8 Å². The number of ether oxygens (including phenoxy) is 1. The van der Waals surface area contributed by atoms with E-state index >= 15 is 0 Å². The van der Waals surface area contributed by atoms with Gasteiger partial charge in [-0.1, -0.05) is 17.9 Å². The molecule has 2 aromatic carbocycles. The standard InChI is InChI=1S/C18H10F7NO2/c19-13-8-12(28-17(21)22)9-14(20)15(13)16(27)26-6-2-4-10-3-1-5-11(7-10)18(23,24)25/h1,3,5,7-9,17H,6H2,(H,26,27). The van der Waals surface area contributed by atoms with Gasteiger partial charge in [0.05, 0.1) is 12.1 Å². The number of carbonyl (C=O) groups is 1. The van der Waals surface area contributed by atoms with Gasteiger partial charge in [-0.15, -0.1) is 0 Å². The van der Waals surface area contributed by atoms with Gasteiger partial charge in [0.1, 0.15) is 22.9 Å². The number of alkyl halides is 5. The van der Waals surface area contributed by atoms with Crippen LogP contribution in [0.5, 0.6) is 5.75 Å². The number of halogens is 7. The highest BCUT2D eigenvalue weighted by Gasteiger charge is 2.30. The van der Waals surface area contributed by atoms with Gasteiger partial charge in [0.25, 0.3) is 5.91 Å². The van der Waals surface area contributed by atoms with E-state index in [0.29, 0.717) is 12.1 Å². The molecule has 0 spiro atoms. The van der Waals surface area contributed by atoms with E-state index in [1.165, 1.54) is 6.07 Å². The molecule has 0 bridgehead atoms. The summed E-state index contributed by atoms with van der Waals surface area (Å²) in [5.41, 5.74) is -1.92. The minimum atomic E-state index is -4.54. The Morgan fingerprint density at radius 1 is 1.11 bits per heavy atom. The molecule has 2 rings (SSSR count). The van der Waals surface area contributed by atoms with Crippen molar-refractivity contribution in [1.29, 1.82) is 0 Å². The maximum absolute atomic E-state index is 13.8. The molecule has 0 fully saturated rings. The Balaban J connectivity index is 2.05. The van der Waals surface area contributed by atoms with Gasteiger partial charge >= 0.3 is 12.8 Å². The van der Waals surface area contributed by atoms with E-state index in [9.17, 15) is 35.5 Å². The summed E-state index contributed by atoms with van der Waals surface area (Å²) in [5, 5.41) is 2.05. The number of hydrogen-bond donors (Lipinski definition) is 1. The van der Waals surface area contributed by atoms with Gasteiger partial charge in [-0.3, -0.25) is 4.79 Å². The lowest BCUT2D eigenvalue weighted by Gasteiger charge is -2.08. The number of amides is 1. The fourth-order valence-corrected chi connectivity index (χ4v) is 2.07. The van der Waals surface area contributed by atoms with E-state index in [1.54, 1.807) is 0 Å². The van der Waals surface area contributed by atoms with Crippen LogP contribution in [0.15, 0.2) is 36.4 Å². The molecule has 2 aromatic rings. The van der Waals surface area contributed by atoms with Gasteiger partial charge in [0.2, 0.25) is 0 Å². The highest BCUT2D eigenvalue weighted by Crippen LogP contribution is 2.29. The van der Waals surface area contributed by atoms with Crippen LogP contribution >= 0.6 is 0 Å². The summed E-state index contributed by atoms with van der Waals surface area (Å²) in [6.45, 7) is -3.73. The normalized spacial score (nSPS) is 11.0. The van der Waals surface area contributed by atoms with Crippen LogP contribution in [-0.2, 0) is 6.18 Å². The summed E-state index contributed by atoms with van der Waals surface area (Å²) in [6.07, 6.45) is -4.54. The zero-order valence-electron chi connectivity index (χ0n) is 13.7. The molecule has 0 aliphatic carbocycles. The van der Waals surface area contributed by atoms with Crippen molar-refractivity contribution in [3.63, 3.8) is 0 Å². The van der Waals surface area contributed by atoms with Crippen LogP contribution in [-0.4, -0.2) is 19.1 Å². The van der Waals surface area contributed by atoms with E-state index in [2.05, 4.69) is 21.9 Å². The van der Waals surface area contributed by atoms with Crippen molar-refractivity contribution in [3.8, 4) is 17.6 Å². The van der Waals surface area contributed by atoms with Crippen LogP contribution in [0.2, 0.25) is 0 Å². The Hall–Kier alpha value is -3.22. The molecular formula is C18H10F7NO2. The van der Waals surface area contributed by atoms with E-state index in [1.807, 2.05) is 0 Å². The molecule has 0 aliphatic rings. The van der Waals surface area contributed by atoms with Crippen LogP contribution < -0.4 is 10.1 Å².